The van der Waals surface area contributed by atoms with Crippen LogP contribution in [0.1, 0.15) is 11.3 Å². The molecule has 0 spiro atoms. The fourth-order valence-corrected chi connectivity index (χ4v) is 2.86. The van der Waals surface area contributed by atoms with Gasteiger partial charge in [0.1, 0.15) is 17.2 Å². The lowest BCUT2D eigenvalue weighted by Gasteiger charge is -2.06. The lowest BCUT2D eigenvalue weighted by atomic mass is 10.1. The highest BCUT2D eigenvalue weighted by atomic mass is 32.2. The second kappa shape index (κ2) is 7.18. The van der Waals surface area contributed by atoms with Crippen LogP contribution in [0.15, 0.2) is 58.2 Å². The van der Waals surface area contributed by atoms with E-state index in [0.29, 0.717) is 28.0 Å². The third-order valence-electron chi connectivity index (χ3n) is 3.37. The molecule has 3 aromatic rings. The van der Waals surface area contributed by atoms with Crippen LogP contribution in [0.3, 0.4) is 0 Å². The maximum Gasteiger partial charge on any atom is 0.417 e. The number of rotatable bonds is 5. The second-order valence-electron chi connectivity index (χ2n) is 5.05. The van der Waals surface area contributed by atoms with Gasteiger partial charge in [0, 0.05) is 17.8 Å². The van der Waals surface area contributed by atoms with Crippen molar-refractivity contribution in [2.75, 3.05) is 7.11 Å². The van der Waals surface area contributed by atoms with Gasteiger partial charge < -0.3 is 9.26 Å². The standard InChI is InChI=1S/C17H13F3N2O2S/c1-23-15-5-3-2-4-13(15)14-8-12(24-22-14)10-25-16-7-6-11(9-21-16)17(18,19)20/h2-9H,10H2,1H3. The maximum absolute atomic E-state index is 12.5. The van der Waals surface area contributed by atoms with E-state index in [1.807, 2.05) is 24.3 Å². The van der Waals surface area contributed by atoms with Gasteiger partial charge >= 0.3 is 6.18 Å². The SMILES string of the molecule is COc1ccccc1-c1cc(CSc2ccc(C(F)(F)F)cn2)on1. The number of halogens is 3. The van der Waals surface area contributed by atoms with Crippen molar-refractivity contribution in [2.24, 2.45) is 0 Å². The molecule has 2 aromatic heterocycles. The largest absolute Gasteiger partial charge is 0.496 e. The number of thioether (sulfide) groups is 1. The minimum Gasteiger partial charge on any atom is -0.496 e. The summed E-state index contributed by atoms with van der Waals surface area (Å²) in [5, 5.41) is 4.49. The van der Waals surface area contributed by atoms with E-state index in [1.165, 1.54) is 17.8 Å². The summed E-state index contributed by atoms with van der Waals surface area (Å²) in [6.07, 6.45) is -3.56. The Balaban J connectivity index is 1.68. The van der Waals surface area contributed by atoms with Gasteiger partial charge in [0.2, 0.25) is 0 Å². The van der Waals surface area contributed by atoms with Crippen molar-refractivity contribution in [3.8, 4) is 17.0 Å². The lowest BCUT2D eigenvalue weighted by Crippen LogP contribution is -2.05. The quantitative estimate of drug-likeness (QED) is 0.591. The molecule has 0 N–H and O–H groups in total. The Labute approximate surface area is 146 Å². The smallest absolute Gasteiger partial charge is 0.417 e. The first kappa shape index (κ1) is 17.3. The third-order valence-corrected chi connectivity index (χ3v) is 4.33. The van der Waals surface area contributed by atoms with Crippen LogP contribution >= 0.6 is 11.8 Å². The van der Waals surface area contributed by atoms with Crippen LogP contribution in [0.25, 0.3) is 11.3 Å². The van der Waals surface area contributed by atoms with Crippen molar-refractivity contribution >= 4 is 11.8 Å². The summed E-state index contributed by atoms with van der Waals surface area (Å²) < 4.78 is 48.1. The normalized spacial score (nSPS) is 11.5. The molecule has 1 aromatic carbocycles. The molecule has 0 aliphatic rings. The summed E-state index contributed by atoms with van der Waals surface area (Å²) in [5.74, 6) is 1.67. The van der Waals surface area contributed by atoms with Crippen molar-refractivity contribution in [1.82, 2.24) is 10.1 Å². The van der Waals surface area contributed by atoms with Crippen LogP contribution in [0.2, 0.25) is 0 Å². The number of pyridine rings is 1. The van der Waals surface area contributed by atoms with Crippen LogP contribution in [0, 0.1) is 0 Å². The second-order valence-corrected chi connectivity index (χ2v) is 6.05. The molecule has 8 heteroatoms. The van der Waals surface area contributed by atoms with E-state index in [2.05, 4.69) is 10.1 Å². The van der Waals surface area contributed by atoms with Gasteiger partial charge in [-0.3, -0.25) is 0 Å². The Bertz CT molecular complexity index is 848. The van der Waals surface area contributed by atoms with Gasteiger partial charge in [0.05, 0.1) is 23.5 Å². The number of hydrogen-bond donors (Lipinski definition) is 0. The summed E-state index contributed by atoms with van der Waals surface area (Å²) >= 11 is 1.27. The zero-order valence-electron chi connectivity index (χ0n) is 13.1. The first-order valence-electron chi connectivity index (χ1n) is 7.22. The molecule has 0 bridgehead atoms. The fourth-order valence-electron chi connectivity index (χ4n) is 2.14. The van der Waals surface area contributed by atoms with Crippen molar-refractivity contribution in [3.05, 3.63) is 60.0 Å². The topological polar surface area (TPSA) is 48.2 Å². The average Bonchev–Trinajstić information content (AvgIpc) is 3.08. The van der Waals surface area contributed by atoms with Crippen LogP contribution in [0.4, 0.5) is 13.2 Å². The number of nitrogens with zero attached hydrogens (tertiary/aromatic N) is 2. The van der Waals surface area contributed by atoms with Gasteiger partial charge in [-0.2, -0.15) is 13.2 Å². The molecular formula is C17H13F3N2O2S. The molecule has 0 aliphatic heterocycles. The molecular weight excluding hydrogens is 353 g/mol. The molecule has 0 saturated heterocycles. The molecule has 25 heavy (non-hydrogen) atoms. The van der Waals surface area contributed by atoms with E-state index in [1.54, 1.807) is 13.2 Å². The highest BCUT2D eigenvalue weighted by molar-refractivity contribution is 7.98. The summed E-state index contributed by atoms with van der Waals surface area (Å²) in [7, 11) is 1.58. The first-order chi connectivity index (χ1) is 12.0. The van der Waals surface area contributed by atoms with Gasteiger partial charge in [-0.25, -0.2) is 4.98 Å². The minimum absolute atomic E-state index is 0.403. The molecule has 0 saturated carbocycles. The van der Waals surface area contributed by atoms with Crippen molar-refractivity contribution in [2.45, 2.75) is 17.0 Å². The van der Waals surface area contributed by atoms with E-state index in [9.17, 15) is 13.2 Å². The molecule has 0 aliphatic carbocycles. The number of methoxy groups -OCH3 is 1. The number of ether oxygens (including phenoxy) is 1. The van der Waals surface area contributed by atoms with Crippen LogP contribution < -0.4 is 4.74 Å². The fraction of sp³-hybridized carbons (Fsp3) is 0.176. The van der Waals surface area contributed by atoms with Gasteiger partial charge in [0.15, 0.2) is 0 Å². The zero-order valence-corrected chi connectivity index (χ0v) is 13.9. The van der Waals surface area contributed by atoms with E-state index in [-0.39, 0.29) is 0 Å². The number of aromatic nitrogens is 2. The van der Waals surface area contributed by atoms with Crippen molar-refractivity contribution < 1.29 is 22.4 Å². The van der Waals surface area contributed by atoms with E-state index in [4.69, 9.17) is 9.26 Å². The van der Waals surface area contributed by atoms with E-state index >= 15 is 0 Å². The number of alkyl halides is 3. The molecule has 0 unspecified atom stereocenters. The van der Waals surface area contributed by atoms with Crippen molar-refractivity contribution in [1.29, 1.82) is 0 Å². The van der Waals surface area contributed by atoms with Gasteiger partial charge in [-0.15, -0.1) is 0 Å². The molecule has 0 amide bonds. The van der Waals surface area contributed by atoms with Gasteiger partial charge in [-0.05, 0) is 24.3 Å². The monoisotopic (exact) mass is 366 g/mol. The predicted molar refractivity (Wildman–Crippen MR) is 87.3 cm³/mol. The Morgan fingerprint density at radius 1 is 1.16 bits per heavy atom. The number of hydrogen-bond acceptors (Lipinski definition) is 5. The van der Waals surface area contributed by atoms with Crippen LogP contribution in [-0.2, 0) is 11.9 Å². The maximum atomic E-state index is 12.5. The molecule has 4 nitrogen and oxygen atoms in total. The van der Waals surface area contributed by atoms with Gasteiger partial charge in [-0.1, -0.05) is 29.1 Å². The summed E-state index contributed by atoms with van der Waals surface area (Å²) in [6, 6.07) is 11.5. The van der Waals surface area contributed by atoms with Crippen molar-refractivity contribution in [3.63, 3.8) is 0 Å². The van der Waals surface area contributed by atoms with E-state index < -0.39 is 11.7 Å². The molecule has 2 heterocycles. The number of para-hydroxylation sites is 1. The Morgan fingerprint density at radius 2 is 1.96 bits per heavy atom. The first-order valence-corrected chi connectivity index (χ1v) is 8.21. The molecule has 0 fully saturated rings. The summed E-state index contributed by atoms with van der Waals surface area (Å²) in [6.45, 7) is 0. The van der Waals surface area contributed by atoms with Gasteiger partial charge in [0.25, 0.3) is 0 Å². The Morgan fingerprint density at radius 3 is 2.64 bits per heavy atom. The molecule has 0 atom stereocenters. The molecule has 0 radical (unpaired) electrons. The van der Waals surface area contributed by atoms with E-state index in [0.717, 1.165) is 17.8 Å². The molecule has 130 valence electrons. The highest BCUT2D eigenvalue weighted by Gasteiger charge is 2.30. The average molecular weight is 366 g/mol. The zero-order chi connectivity index (χ0) is 17.9. The Kier molecular flexibility index (Phi) is 4.98. The lowest BCUT2D eigenvalue weighted by molar-refractivity contribution is -0.137. The Hall–Kier alpha value is -2.48. The minimum atomic E-state index is -4.38. The molecule has 3 rings (SSSR count). The summed E-state index contributed by atoms with van der Waals surface area (Å²) in [5.41, 5.74) is 0.668. The predicted octanol–water partition coefficient (Wildman–Crippen LogP) is 5.06. The third kappa shape index (κ3) is 4.14. The highest BCUT2D eigenvalue weighted by Crippen LogP contribution is 2.32. The number of benzene rings is 1. The summed E-state index contributed by atoms with van der Waals surface area (Å²) in [4.78, 5) is 3.81. The van der Waals surface area contributed by atoms with Crippen LogP contribution in [-0.4, -0.2) is 17.3 Å². The van der Waals surface area contributed by atoms with Crippen LogP contribution in [0.5, 0.6) is 5.75 Å².